The van der Waals surface area contributed by atoms with Gasteiger partial charge in [0.2, 0.25) is 11.5 Å². The fraction of sp³-hybridized carbons (Fsp3) is 0.370. The maximum atomic E-state index is 13.4. The number of rotatable bonds is 14. The Morgan fingerprint density at radius 2 is 2.02 bits per heavy atom. The first kappa shape index (κ1) is 36.1. The second-order valence-electron chi connectivity index (χ2n) is 10.8. The summed E-state index contributed by atoms with van der Waals surface area (Å²) in [4.78, 5) is 76.7. The molecule has 0 aliphatic carbocycles. The molecule has 2 aromatic heterocycles. The van der Waals surface area contributed by atoms with Gasteiger partial charge in [0, 0.05) is 12.2 Å². The fourth-order valence-electron chi connectivity index (χ4n) is 4.29. The van der Waals surface area contributed by atoms with Crippen molar-refractivity contribution in [2.45, 2.75) is 50.3 Å². The number of oxime groups is 1. The summed E-state index contributed by atoms with van der Waals surface area (Å²) in [5.41, 5.74) is 14.9. The summed E-state index contributed by atoms with van der Waals surface area (Å²) >= 11 is 8.23. The maximum absolute atomic E-state index is 13.4. The Kier molecular flexibility index (Phi) is 11.2. The highest BCUT2D eigenvalue weighted by atomic mass is 35.5. The van der Waals surface area contributed by atoms with Crippen LogP contribution < -0.4 is 32.4 Å². The average molecular weight is 724 g/mol. The molecule has 0 radical (unpaired) electrons. The second-order valence-corrected chi connectivity index (χ2v) is 13.5. The average Bonchev–Trinajstić information content (AvgIpc) is 3.36. The van der Waals surface area contributed by atoms with Crippen molar-refractivity contribution in [2.75, 3.05) is 29.1 Å². The van der Waals surface area contributed by atoms with Gasteiger partial charge in [-0.1, -0.05) is 34.2 Å². The Morgan fingerprint density at radius 1 is 1.29 bits per heavy atom. The summed E-state index contributed by atoms with van der Waals surface area (Å²) in [6, 6.07) is -1.16. The number of nitrogens with one attached hydrogen (secondary N) is 2. The van der Waals surface area contributed by atoms with E-state index in [0.29, 0.717) is 24.2 Å². The number of nitrogens with two attached hydrogens (primary N) is 3. The molecule has 1 unspecified atom stereocenters. The molecule has 0 saturated carbocycles. The van der Waals surface area contributed by atoms with Gasteiger partial charge in [0.05, 0.1) is 0 Å². The van der Waals surface area contributed by atoms with Crippen molar-refractivity contribution < 1.29 is 43.6 Å². The number of halogens is 1. The first-order chi connectivity index (χ1) is 22.6. The number of nitrogen functional groups attached to an aromatic ring is 2. The van der Waals surface area contributed by atoms with Crippen molar-refractivity contribution in [3.63, 3.8) is 0 Å². The molecule has 256 valence electrons. The van der Waals surface area contributed by atoms with E-state index in [1.807, 2.05) is 0 Å². The van der Waals surface area contributed by atoms with Gasteiger partial charge in [-0.05, 0) is 43.4 Å². The first-order valence-corrected chi connectivity index (χ1v) is 16.3. The van der Waals surface area contributed by atoms with Crippen LogP contribution in [0.25, 0.3) is 0 Å². The molecule has 1 fully saturated rings. The molecular formula is C27H32ClN10O8S2+. The number of β-lactam (4-membered cyclic amide) rings is 1. The molecule has 10 N–H and O–H groups in total. The lowest BCUT2D eigenvalue weighted by atomic mass is 10.0. The van der Waals surface area contributed by atoms with Crippen molar-refractivity contribution in [1.82, 2.24) is 20.2 Å². The van der Waals surface area contributed by atoms with Gasteiger partial charge in [0.25, 0.3) is 24.0 Å². The number of anilines is 3. The van der Waals surface area contributed by atoms with E-state index in [1.54, 1.807) is 22.9 Å². The van der Waals surface area contributed by atoms with Crippen LogP contribution in [0.15, 0.2) is 41.1 Å². The summed E-state index contributed by atoms with van der Waals surface area (Å²) in [6.45, 7) is 3.00. The van der Waals surface area contributed by atoms with Crippen LogP contribution in [-0.4, -0.2) is 89.8 Å². The number of carbonyl (C=O) groups excluding carboxylic acids is 3. The van der Waals surface area contributed by atoms with Crippen molar-refractivity contribution in [1.29, 1.82) is 0 Å². The van der Waals surface area contributed by atoms with Gasteiger partial charge in [-0.15, -0.1) is 11.8 Å². The number of nitrogens with zero attached hydrogens (tertiary/aromatic N) is 5. The fourth-order valence-corrected chi connectivity index (χ4v) is 6.54. The van der Waals surface area contributed by atoms with Crippen LogP contribution in [0.2, 0.25) is 4.34 Å². The molecule has 0 spiro atoms. The number of amides is 3. The normalized spacial score (nSPS) is 18.0. The summed E-state index contributed by atoms with van der Waals surface area (Å²) in [7, 11) is 0. The summed E-state index contributed by atoms with van der Waals surface area (Å²) in [5, 5.41) is 27.5. The molecule has 1 saturated heterocycles. The summed E-state index contributed by atoms with van der Waals surface area (Å²) < 4.78 is 1.59. The van der Waals surface area contributed by atoms with Crippen molar-refractivity contribution in [2.24, 2.45) is 10.9 Å². The van der Waals surface area contributed by atoms with Crippen molar-refractivity contribution >= 4 is 86.7 Å². The SMILES string of the molecule is CC(C)(O/N=C(\C(=O)N[C@@H]1C(=O)N2C(C(=O)O)=C(/C=C/C[n+]3cnc(N)c(NC(=O)CCCN)c3)CSC12)c1nc(N)sc1Cl)C(=O)O. The van der Waals surface area contributed by atoms with E-state index in [-0.39, 0.29) is 51.3 Å². The van der Waals surface area contributed by atoms with Crippen molar-refractivity contribution in [3.8, 4) is 0 Å². The molecule has 0 bridgehead atoms. The third kappa shape index (κ3) is 8.01. The van der Waals surface area contributed by atoms with Gasteiger partial charge >= 0.3 is 11.9 Å². The van der Waals surface area contributed by atoms with E-state index in [4.69, 9.17) is 33.6 Å². The van der Waals surface area contributed by atoms with Gasteiger partial charge < -0.3 is 42.9 Å². The van der Waals surface area contributed by atoms with Crippen LogP contribution >= 0.6 is 34.7 Å². The van der Waals surface area contributed by atoms with Crippen molar-refractivity contribution in [3.05, 3.63) is 46.0 Å². The van der Waals surface area contributed by atoms with E-state index in [2.05, 4.69) is 25.8 Å². The Hall–Kier alpha value is -4.79. The number of thiazole rings is 1. The molecule has 18 nitrogen and oxygen atoms in total. The van der Waals surface area contributed by atoms with Gasteiger partial charge in [-0.25, -0.2) is 19.1 Å². The largest absolute Gasteiger partial charge is 0.478 e. The summed E-state index contributed by atoms with van der Waals surface area (Å²) in [6.07, 6.45) is 6.98. The predicted octanol–water partition coefficient (Wildman–Crippen LogP) is -0.100. The topological polar surface area (TPSA) is 282 Å². The maximum Gasteiger partial charge on any atom is 0.352 e. The smallest absolute Gasteiger partial charge is 0.352 e. The zero-order valence-corrected chi connectivity index (χ0v) is 27.9. The van der Waals surface area contributed by atoms with E-state index >= 15 is 0 Å². The molecule has 4 heterocycles. The molecule has 3 amide bonds. The lowest BCUT2D eigenvalue weighted by Gasteiger charge is -2.49. The predicted molar refractivity (Wildman–Crippen MR) is 175 cm³/mol. The standard InChI is InChI=1S/C27H31ClN10O8S2/c1-27(2,25(44)45)46-36-16(15-19(28)48-26(31)35-15)21(40)34-17-22(41)38-18(24(42)43)12(10-47-23(17)38)5-4-8-37-9-13(20(30)32-11-37)33-14(39)6-3-7-29/h4-5,9,11,17,23,30H,3,6-8,10,29H2,1-2H3,(H6,31,33,34,35,39,40,42,43,44,45)/p+1/b5-4+,36-16-/t17-,23?/m1/s1. The molecule has 2 atom stereocenters. The Labute approximate surface area is 286 Å². The minimum atomic E-state index is -1.83. The molecule has 0 aromatic carbocycles. The van der Waals surface area contributed by atoms with Gasteiger partial charge in [0.1, 0.15) is 39.9 Å². The van der Waals surface area contributed by atoms with Crippen LogP contribution in [0.5, 0.6) is 0 Å². The Morgan fingerprint density at radius 3 is 2.65 bits per heavy atom. The van der Waals surface area contributed by atoms with E-state index in [0.717, 1.165) is 16.2 Å². The molecule has 2 aliphatic heterocycles. The molecule has 48 heavy (non-hydrogen) atoms. The molecule has 2 aliphatic rings. The van der Waals surface area contributed by atoms with Gasteiger partial charge in [0.15, 0.2) is 16.5 Å². The number of aliphatic carboxylic acids is 2. The minimum absolute atomic E-state index is 0.00450. The lowest BCUT2D eigenvalue weighted by molar-refractivity contribution is -0.689. The van der Waals surface area contributed by atoms with Crippen LogP contribution in [0.3, 0.4) is 0 Å². The highest BCUT2D eigenvalue weighted by molar-refractivity contribution is 8.00. The number of hydrogen-bond acceptors (Lipinski definition) is 14. The van der Waals surface area contributed by atoms with E-state index in [1.165, 1.54) is 31.9 Å². The molecule has 2 aromatic rings. The Bertz CT molecular complexity index is 1740. The van der Waals surface area contributed by atoms with E-state index in [9.17, 15) is 34.2 Å². The third-order valence-electron chi connectivity index (χ3n) is 6.84. The molecule has 21 heteroatoms. The number of fused-ring (bicyclic) bond motifs is 1. The Balaban J connectivity index is 1.49. The first-order valence-electron chi connectivity index (χ1n) is 14.1. The number of hydrogen-bond donors (Lipinski definition) is 7. The van der Waals surface area contributed by atoms with Crippen LogP contribution in [0.1, 0.15) is 32.4 Å². The third-order valence-corrected chi connectivity index (χ3v) is 9.23. The number of carboxylic acid groups (broad SMARTS) is 2. The number of carbonyl (C=O) groups is 5. The van der Waals surface area contributed by atoms with Gasteiger partial charge in [-0.3, -0.25) is 19.3 Å². The molecular weight excluding hydrogens is 692 g/mol. The van der Waals surface area contributed by atoms with Gasteiger partial charge in [-0.2, -0.15) is 0 Å². The monoisotopic (exact) mass is 723 g/mol. The number of carboxylic acids is 2. The number of thioether (sulfide) groups is 1. The van der Waals surface area contributed by atoms with Crippen LogP contribution in [0.4, 0.5) is 16.6 Å². The minimum Gasteiger partial charge on any atom is -0.478 e. The van der Waals surface area contributed by atoms with E-state index < -0.39 is 46.5 Å². The zero-order chi connectivity index (χ0) is 35.3. The number of allylic oxidation sites excluding steroid dienone is 2. The summed E-state index contributed by atoms with van der Waals surface area (Å²) in [5.74, 6) is -4.36. The lowest BCUT2D eigenvalue weighted by Crippen LogP contribution is -2.71. The second kappa shape index (κ2) is 15.0. The highest BCUT2D eigenvalue weighted by Crippen LogP contribution is 2.41. The molecule has 4 rings (SSSR count). The highest BCUT2D eigenvalue weighted by Gasteiger charge is 2.54. The zero-order valence-electron chi connectivity index (χ0n) is 25.5. The van der Waals surface area contributed by atoms with Crippen LogP contribution in [0, 0.1) is 0 Å². The number of aromatic nitrogens is 3. The van der Waals surface area contributed by atoms with Crippen LogP contribution in [-0.2, 0) is 35.4 Å². The quantitative estimate of drug-likeness (QED) is 0.0580.